The molecule has 0 aliphatic carbocycles. The molecular formula is C46H34O4P2-2. The zero-order valence-electron chi connectivity index (χ0n) is 28.3. The van der Waals surface area contributed by atoms with E-state index >= 15 is 19.3 Å². The fourth-order valence-corrected chi connectivity index (χ4v) is 12.7. The van der Waals surface area contributed by atoms with Crippen LogP contribution in [0, 0.1) is 0 Å². The van der Waals surface area contributed by atoms with Crippen molar-refractivity contribution < 1.29 is 19.3 Å². The third-order valence-corrected chi connectivity index (χ3v) is 16.0. The monoisotopic (exact) mass is 712 g/mol. The van der Waals surface area contributed by atoms with Crippen molar-refractivity contribution in [3.8, 4) is 22.6 Å². The first-order valence-corrected chi connectivity index (χ1v) is 21.0. The third-order valence-electron chi connectivity index (χ3n) is 9.89. The van der Waals surface area contributed by atoms with E-state index in [0.29, 0.717) is 43.1 Å². The SMILES string of the molecule is O=P(Cc1cc2ccccc2c(-c2c([O-])c(CP(=O)(c3ccccc3)c3ccccc3)cc3ccccc23)c1[O-])(c1ccccc1)c1ccccc1. The number of hydrogen-bond donors (Lipinski definition) is 0. The predicted octanol–water partition coefficient (Wildman–Crippen LogP) is 8.84. The topological polar surface area (TPSA) is 80.3 Å². The van der Waals surface area contributed by atoms with Crippen LogP contribution in [0.5, 0.6) is 11.5 Å². The highest BCUT2D eigenvalue weighted by Gasteiger charge is 2.30. The number of benzene rings is 8. The minimum Gasteiger partial charge on any atom is -0.872 e. The lowest BCUT2D eigenvalue weighted by Gasteiger charge is -2.30. The van der Waals surface area contributed by atoms with Crippen LogP contribution >= 0.6 is 14.3 Å². The smallest absolute Gasteiger partial charge is 0.147 e. The van der Waals surface area contributed by atoms with Crippen LogP contribution < -0.4 is 31.4 Å². The van der Waals surface area contributed by atoms with Crippen molar-refractivity contribution in [3.63, 3.8) is 0 Å². The van der Waals surface area contributed by atoms with Gasteiger partial charge in [-0.15, -0.1) is 0 Å². The van der Waals surface area contributed by atoms with Crippen molar-refractivity contribution in [1.29, 1.82) is 0 Å². The largest absolute Gasteiger partial charge is 0.872 e. The van der Waals surface area contributed by atoms with E-state index in [1.165, 1.54) is 0 Å². The molecule has 0 saturated carbocycles. The minimum atomic E-state index is -3.34. The van der Waals surface area contributed by atoms with Gasteiger partial charge in [0.25, 0.3) is 0 Å². The first kappa shape index (κ1) is 33.5. The summed E-state index contributed by atoms with van der Waals surface area (Å²) in [6, 6.07) is 56.0. The van der Waals surface area contributed by atoms with Crippen molar-refractivity contribution in [2.24, 2.45) is 0 Å². The maximum absolute atomic E-state index is 15.2. The van der Waals surface area contributed by atoms with Crippen molar-refractivity contribution in [2.45, 2.75) is 12.3 Å². The molecular weight excluding hydrogens is 678 g/mol. The molecule has 8 rings (SSSR count). The summed E-state index contributed by atoms with van der Waals surface area (Å²) >= 11 is 0. The number of rotatable bonds is 9. The molecule has 0 radical (unpaired) electrons. The van der Waals surface area contributed by atoms with Crippen molar-refractivity contribution >= 4 is 57.0 Å². The van der Waals surface area contributed by atoms with E-state index in [0.717, 1.165) is 10.8 Å². The summed E-state index contributed by atoms with van der Waals surface area (Å²) in [7, 11) is -6.69. The van der Waals surface area contributed by atoms with Gasteiger partial charge in [0.05, 0.1) is 0 Å². The lowest BCUT2D eigenvalue weighted by atomic mass is 9.89. The molecule has 52 heavy (non-hydrogen) atoms. The second-order valence-corrected chi connectivity index (χ2v) is 18.7. The molecule has 0 amide bonds. The molecule has 0 aliphatic rings. The molecule has 254 valence electrons. The second-order valence-electron chi connectivity index (χ2n) is 13.1. The summed E-state index contributed by atoms with van der Waals surface area (Å²) in [6.07, 6.45) is -0.0263. The summed E-state index contributed by atoms with van der Waals surface area (Å²) in [4.78, 5) is 0. The molecule has 6 heteroatoms. The molecule has 4 nitrogen and oxygen atoms in total. The first-order valence-electron chi connectivity index (χ1n) is 17.2. The third kappa shape index (κ3) is 5.95. The quantitative estimate of drug-likeness (QED) is 0.140. The molecule has 0 heterocycles. The van der Waals surface area contributed by atoms with Gasteiger partial charge in [0.1, 0.15) is 14.3 Å². The maximum atomic E-state index is 15.2. The van der Waals surface area contributed by atoms with Crippen LogP contribution in [0.25, 0.3) is 32.7 Å². The van der Waals surface area contributed by atoms with E-state index in [-0.39, 0.29) is 34.9 Å². The van der Waals surface area contributed by atoms with Gasteiger partial charge in [-0.3, -0.25) is 0 Å². The highest BCUT2D eigenvalue weighted by molar-refractivity contribution is 7.78. The Balaban J connectivity index is 1.37. The van der Waals surface area contributed by atoms with Gasteiger partial charge in [0.15, 0.2) is 0 Å². The molecule has 8 aromatic carbocycles. The Labute approximate surface area is 303 Å². The zero-order valence-corrected chi connectivity index (χ0v) is 30.1. The minimum absolute atomic E-state index is 0.0132. The highest BCUT2D eigenvalue weighted by atomic mass is 31.2. The molecule has 0 aromatic heterocycles. The summed E-state index contributed by atoms with van der Waals surface area (Å²) in [6.45, 7) is 0. The van der Waals surface area contributed by atoms with Crippen LogP contribution in [0.15, 0.2) is 182 Å². The summed E-state index contributed by atoms with van der Waals surface area (Å²) < 4.78 is 30.5. The van der Waals surface area contributed by atoms with Gasteiger partial charge in [-0.2, -0.15) is 0 Å². The van der Waals surface area contributed by atoms with Crippen LogP contribution in [0.2, 0.25) is 0 Å². The van der Waals surface area contributed by atoms with E-state index in [4.69, 9.17) is 0 Å². The lowest BCUT2D eigenvalue weighted by molar-refractivity contribution is -0.271. The van der Waals surface area contributed by atoms with Crippen molar-refractivity contribution in [1.82, 2.24) is 0 Å². The molecule has 0 bridgehead atoms. The Morgan fingerprint density at radius 2 is 0.635 bits per heavy atom. The molecule has 0 N–H and O–H groups in total. The standard InChI is InChI=1S/C46H36O4P2/c47-45-35(31-51(49,37-19-5-1-6-20-37)38-21-7-2-8-22-38)29-33-17-13-15-27-41(33)43(45)44-42-28-16-14-18-34(42)30-36(46(44)48)32-52(50,39-23-9-3-10-24-39)40-25-11-4-12-26-40/h1-30,47-48H,31-32H2/p-2. The average Bonchev–Trinajstić information content (AvgIpc) is 3.20. The van der Waals surface area contributed by atoms with Gasteiger partial charge in [-0.05, 0) is 43.8 Å². The number of hydrogen-bond acceptors (Lipinski definition) is 4. The normalized spacial score (nSPS) is 11.9. The number of fused-ring (bicyclic) bond motifs is 2. The van der Waals surface area contributed by atoms with Crippen molar-refractivity contribution in [3.05, 3.63) is 193 Å². The average molecular weight is 713 g/mol. The van der Waals surface area contributed by atoms with Crippen molar-refractivity contribution in [2.75, 3.05) is 0 Å². The maximum Gasteiger partial charge on any atom is 0.147 e. The molecule has 0 fully saturated rings. The molecule has 0 spiro atoms. The second kappa shape index (κ2) is 13.8. The molecule has 0 aliphatic heterocycles. The molecule has 8 aromatic rings. The Hall–Kier alpha value is -5.66. The first-order chi connectivity index (χ1) is 25.4. The summed E-state index contributed by atoms with van der Waals surface area (Å²) in [5.74, 6) is -0.668. The molecule has 0 atom stereocenters. The Kier molecular flexibility index (Phi) is 8.89. The van der Waals surface area contributed by atoms with Gasteiger partial charge >= 0.3 is 0 Å². The van der Waals surface area contributed by atoms with Gasteiger partial charge in [-0.1, -0.05) is 193 Å². The van der Waals surface area contributed by atoms with Gasteiger partial charge in [-0.25, -0.2) is 0 Å². The summed E-state index contributed by atoms with van der Waals surface area (Å²) in [5.41, 5.74) is 1.30. The van der Waals surface area contributed by atoms with E-state index in [1.807, 2.05) is 182 Å². The Morgan fingerprint density at radius 1 is 0.365 bits per heavy atom. The van der Waals surface area contributed by atoms with E-state index in [9.17, 15) is 0 Å². The van der Waals surface area contributed by atoms with E-state index in [2.05, 4.69) is 0 Å². The van der Waals surface area contributed by atoms with E-state index in [1.54, 1.807) is 0 Å². The highest BCUT2D eigenvalue weighted by Crippen LogP contribution is 2.54. The van der Waals surface area contributed by atoms with Gasteiger partial charge in [0, 0.05) is 33.5 Å². The predicted molar refractivity (Wildman–Crippen MR) is 213 cm³/mol. The van der Waals surface area contributed by atoms with Crippen LogP contribution in [-0.4, -0.2) is 0 Å². The van der Waals surface area contributed by atoms with Crippen LogP contribution in [0.3, 0.4) is 0 Å². The Bertz CT molecular complexity index is 2370. The Morgan fingerprint density at radius 3 is 0.942 bits per heavy atom. The molecule has 0 unspecified atom stereocenters. The van der Waals surface area contributed by atoms with Crippen LogP contribution in [0.4, 0.5) is 0 Å². The van der Waals surface area contributed by atoms with E-state index < -0.39 is 14.3 Å². The van der Waals surface area contributed by atoms with Gasteiger partial charge in [0.2, 0.25) is 0 Å². The fourth-order valence-electron chi connectivity index (χ4n) is 7.32. The molecule has 0 saturated heterocycles. The van der Waals surface area contributed by atoms with Crippen LogP contribution in [0.1, 0.15) is 11.1 Å². The fraction of sp³-hybridized carbons (Fsp3) is 0.0435. The van der Waals surface area contributed by atoms with Crippen LogP contribution in [-0.2, 0) is 21.5 Å². The lowest BCUT2D eigenvalue weighted by Crippen LogP contribution is -2.18. The summed E-state index contributed by atoms with van der Waals surface area (Å²) in [5, 5.41) is 35.5. The van der Waals surface area contributed by atoms with Gasteiger partial charge < -0.3 is 19.3 Å². The zero-order chi connectivity index (χ0) is 35.7.